The summed E-state index contributed by atoms with van der Waals surface area (Å²) in [5.41, 5.74) is 2.14. The molecule has 0 N–H and O–H groups in total. The Morgan fingerprint density at radius 1 is 1.24 bits per heavy atom. The molecule has 0 aliphatic carbocycles. The van der Waals surface area contributed by atoms with Crippen molar-refractivity contribution in [3.63, 3.8) is 0 Å². The molecule has 0 aliphatic heterocycles. The first kappa shape index (κ1) is 12.6. The van der Waals surface area contributed by atoms with Gasteiger partial charge in [-0.15, -0.1) is 0 Å². The highest BCUT2D eigenvalue weighted by Crippen LogP contribution is 2.20. The topological polar surface area (TPSA) is 9.23 Å². The van der Waals surface area contributed by atoms with E-state index < -0.39 is 0 Å². The minimum Gasteiger partial charge on any atom is -0.490 e. The number of alkyl halides is 1. The van der Waals surface area contributed by atoms with Gasteiger partial charge in [-0.05, 0) is 40.1 Å². The standard InChI is InChI=1S/C13H12BrFOS/c14-8-11-1-2-13(12(15)7-11)16-5-3-10-4-6-17-9-10/h1-2,4,6-7,9H,3,5,8H2. The molecule has 0 aliphatic rings. The average Bonchev–Trinajstić information content (AvgIpc) is 2.84. The van der Waals surface area contributed by atoms with Crippen LogP contribution < -0.4 is 4.74 Å². The van der Waals surface area contributed by atoms with Crippen molar-refractivity contribution in [1.29, 1.82) is 0 Å². The quantitative estimate of drug-likeness (QED) is 0.743. The fourth-order valence-electron chi connectivity index (χ4n) is 1.46. The molecule has 0 atom stereocenters. The van der Waals surface area contributed by atoms with Gasteiger partial charge in [0, 0.05) is 11.8 Å². The van der Waals surface area contributed by atoms with E-state index in [0.29, 0.717) is 17.7 Å². The predicted octanol–water partition coefficient (Wildman–Crippen LogP) is 4.40. The van der Waals surface area contributed by atoms with Crippen LogP contribution in [0.25, 0.3) is 0 Å². The van der Waals surface area contributed by atoms with Crippen molar-refractivity contribution in [3.05, 3.63) is 52.0 Å². The lowest BCUT2D eigenvalue weighted by Gasteiger charge is -2.07. The molecule has 0 amide bonds. The van der Waals surface area contributed by atoms with Crippen LogP contribution in [0, 0.1) is 5.82 Å². The smallest absolute Gasteiger partial charge is 0.165 e. The highest BCUT2D eigenvalue weighted by molar-refractivity contribution is 9.08. The van der Waals surface area contributed by atoms with E-state index >= 15 is 0 Å². The number of hydrogen-bond acceptors (Lipinski definition) is 2. The largest absolute Gasteiger partial charge is 0.490 e. The molecular formula is C13H12BrFOS. The van der Waals surface area contributed by atoms with Crippen LogP contribution in [-0.2, 0) is 11.8 Å². The number of hydrogen-bond donors (Lipinski definition) is 0. The van der Waals surface area contributed by atoms with Gasteiger partial charge in [-0.1, -0.05) is 22.0 Å². The van der Waals surface area contributed by atoms with E-state index in [1.54, 1.807) is 17.4 Å². The van der Waals surface area contributed by atoms with Gasteiger partial charge in [0.15, 0.2) is 11.6 Å². The first-order valence-electron chi connectivity index (χ1n) is 5.28. The Hall–Kier alpha value is -0.870. The molecule has 1 nitrogen and oxygen atoms in total. The lowest BCUT2D eigenvalue weighted by Crippen LogP contribution is -2.02. The molecule has 2 rings (SSSR count). The molecule has 0 unspecified atom stereocenters. The fourth-order valence-corrected chi connectivity index (χ4v) is 2.51. The lowest BCUT2D eigenvalue weighted by atomic mass is 10.2. The summed E-state index contributed by atoms with van der Waals surface area (Å²) in [5, 5.41) is 4.76. The Morgan fingerprint density at radius 3 is 2.76 bits per heavy atom. The minimum absolute atomic E-state index is 0.299. The highest BCUT2D eigenvalue weighted by atomic mass is 79.9. The summed E-state index contributed by atoms with van der Waals surface area (Å²) in [6.07, 6.45) is 0.809. The second-order valence-corrected chi connectivity index (χ2v) is 4.97. The maximum absolute atomic E-state index is 13.6. The van der Waals surface area contributed by atoms with E-state index in [0.717, 1.165) is 12.0 Å². The summed E-state index contributed by atoms with van der Waals surface area (Å²) in [6.45, 7) is 0.501. The van der Waals surface area contributed by atoms with Crippen molar-refractivity contribution in [2.75, 3.05) is 6.61 Å². The van der Waals surface area contributed by atoms with Gasteiger partial charge in [0.05, 0.1) is 6.61 Å². The molecule has 2 aromatic rings. The summed E-state index contributed by atoms with van der Waals surface area (Å²) in [5.74, 6) is 0.0252. The predicted molar refractivity (Wildman–Crippen MR) is 72.5 cm³/mol. The summed E-state index contributed by atoms with van der Waals surface area (Å²) < 4.78 is 19.0. The van der Waals surface area contributed by atoms with E-state index in [1.807, 2.05) is 11.4 Å². The van der Waals surface area contributed by atoms with Crippen molar-refractivity contribution < 1.29 is 9.13 Å². The number of benzene rings is 1. The summed E-state index contributed by atoms with van der Waals surface area (Å²) in [7, 11) is 0. The van der Waals surface area contributed by atoms with Gasteiger partial charge in [-0.2, -0.15) is 11.3 Å². The summed E-state index contributed by atoms with van der Waals surface area (Å²) in [6, 6.07) is 7.09. The molecule has 1 aromatic carbocycles. The second kappa shape index (κ2) is 6.17. The molecule has 4 heteroatoms. The van der Waals surface area contributed by atoms with E-state index in [4.69, 9.17) is 4.74 Å². The van der Waals surface area contributed by atoms with E-state index in [1.165, 1.54) is 11.6 Å². The fraction of sp³-hybridized carbons (Fsp3) is 0.231. The molecule has 0 saturated carbocycles. The van der Waals surface area contributed by atoms with Crippen LogP contribution in [-0.4, -0.2) is 6.61 Å². The van der Waals surface area contributed by atoms with Gasteiger partial charge >= 0.3 is 0 Å². The van der Waals surface area contributed by atoms with Gasteiger partial charge in [0.25, 0.3) is 0 Å². The van der Waals surface area contributed by atoms with Crippen molar-refractivity contribution in [2.45, 2.75) is 11.8 Å². The SMILES string of the molecule is Fc1cc(CBr)ccc1OCCc1ccsc1. The van der Waals surface area contributed by atoms with Gasteiger partial charge in [0.2, 0.25) is 0 Å². The molecule has 17 heavy (non-hydrogen) atoms. The van der Waals surface area contributed by atoms with Gasteiger partial charge < -0.3 is 4.74 Å². The third-order valence-corrected chi connectivity index (χ3v) is 3.76. The molecule has 0 saturated heterocycles. The van der Waals surface area contributed by atoms with Crippen molar-refractivity contribution in [2.24, 2.45) is 0 Å². The van der Waals surface area contributed by atoms with Gasteiger partial charge in [0.1, 0.15) is 0 Å². The van der Waals surface area contributed by atoms with Gasteiger partial charge in [-0.3, -0.25) is 0 Å². The zero-order valence-electron chi connectivity index (χ0n) is 9.16. The Kier molecular flexibility index (Phi) is 4.57. The van der Waals surface area contributed by atoms with Crippen LogP contribution in [0.15, 0.2) is 35.0 Å². The Balaban J connectivity index is 1.90. The molecule has 0 radical (unpaired) electrons. The van der Waals surface area contributed by atoms with Crippen LogP contribution in [0.4, 0.5) is 4.39 Å². The average molecular weight is 315 g/mol. The van der Waals surface area contributed by atoms with Crippen molar-refractivity contribution in [3.8, 4) is 5.75 Å². The zero-order valence-corrected chi connectivity index (χ0v) is 11.6. The summed E-state index contributed by atoms with van der Waals surface area (Å²) >= 11 is 4.95. The Labute approximate surface area is 112 Å². The van der Waals surface area contributed by atoms with E-state index in [9.17, 15) is 4.39 Å². The first-order chi connectivity index (χ1) is 8.29. The zero-order chi connectivity index (χ0) is 12.1. The van der Waals surface area contributed by atoms with Crippen LogP contribution in [0.2, 0.25) is 0 Å². The molecule has 0 fully saturated rings. The monoisotopic (exact) mass is 314 g/mol. The number of rotatable bonds is 5. The van der Waals surface area contributed by atoms with E-state index in [2.05, 4.69) is 27.4 Å². The number of thiophene rings is 1. The van der Waals surface area contributed by atoms with Crippen LogP contribution >= 0.6 is 27.3 Å². The molecular weight excluding hydrogens is 303 g/mol. The number of halogens is 2. The van der Waals surface area contributed by atoms with E-state index in [-0.39, 0.29) is 5.82 Å². The van der Waals surface area contributed by atoms with Crippen molar-refractivity contribution in [1.82, 2.24) is 0 Å². The minimum atomic E-state index is -0.299. The van der Waals surface area contributed by atoms with Gasteiger partial charge in [-0.25, -0.2) is 4.39 Å². The van der Waals surface area contributed by atoms with Crippen LogP contribution in [0.1, 0.15) is 11.1 Å². The molecule has 1 heterocycles. The van der Waals surface area contributed by atoms with Crippen LogP contribution in [0.3, 0.4) is 0 Å². The molecule has 90 valence electrons. The highest BCUT2D eigenvalue weighted by Gasteiger charge is 2.04. The third kappa shape index (κ3) is 3.54. The molecule has 0 spiro atoms. The molecule has 1 aromatic heterocycles. The first-order valence-corrected chi connectivity index (χ1v) is 7.34. The maximum Gasteiger partial charge on any atom is 0.165 e. The number of ether oxygens (including phenoxy) is 1. The second-order valence-electron chi connectivity index (χ2n) is 3.63. The lowest BCUT2D eigenvalue weighted by molar-refractivity contribution is 0.305. The summed E-state index contributed by atoms with van der Waals surface area (Å²) in [4.78, 5) is 0. The normalized spacial score (nSPS) is 10.5. The molecule has 0 bridgehead atoms. The maximum atomic E-state index is 13.6. The third-order valence-electron chi connectivity index (χ3n) is 2.38. The Morgan fingerprint density at radius 2 is 2.12 bits per heavy atom. The van der Waals surface area contributed by atoms with Crippen molar-refractivity contribution >= 4 is 27.3 Å². The van der Waals surface area contributed by atoms with Crippen LogP contribution in [0.5, 0.6) is 5.75 Å². The Bertz CT molecular complexity index is 470.